The van der Waals surface area contributed by atoms with E-state index in [-0.39, 0.29) is 5.69 Å². The molecule has 0 spiro atoms. The maximum atomic E-state index is 10.5. The highest BCUT2D eigenvalue weighted by Crippen LogP contribution is 2.21. The Morgan fingerprint density at radius 1 is 1.56 bits per heavy atom. The average Bonchev–Trinajstić information content (AvgIpc) is 2.26. The van der Waals surface area contributed by atoms with Gasteiger partial charge in [0.05, 0.1) is 11.0 Å². The third-order valence-corrected chi connectivity index (χ3v) is 2.34. The predicted octanol–water partition coefficient (Wildman–Crippen LogP) is 2.25. The second-order valence-corrected chi connectivity index (χ2v) is 3.52. The van der Waals surface area contributed by atoms with Crippen molar-refractivity contribution in [3.8, 4) is 6.07 Å². The normalized spacial score (nSPS) is 9.75. The van der Waals surface area contributed by atoms with E-state index in [0.717, 1.165) is 0 Å². The molecular weight excluding hydrogens is 230 g/mol. The fourth-order valence-electron chi connectivity index (χ4n) is 1.18. The van der Waals surface area contributed by atoms with E-state index >= 15 is 0 Å². The molecule has 0 radical (unpaired) electrons. The Bertz CT molecular complexity index is 429. The SMILES string of the molecule is N#CCCNCc1cc([N+](=O)[O-])ccc1Cl. The van der Waals surface area contributed by atoms with Crippen molar-refractivity contribution in [2.75, 3.05) is 6.54 Å². The van der Waals surface area contributed by atoms with Gasteiger partial charge in [-0.25, -0.2) is 0 Å². The molecule has 0 bridgehead atoms. The molecule has 1 rings (SSSR count). The molecule has 0 aromatic heterocycles. The van der Waals surface area contributed by atoms with Crippen LogP contribution in [0.1, 0.15) is 12.0 Å². The zero-order chi connectivity index (χ0) is 12.0. The zero-order valence-electron chi connectivity index (χ0n) is 8.44. The van der Waals surface area contributed by atoms with Crippen molar-refractivity contribution in [2.24, 2.45) is 0 Å². The number of nitrogens with one attached hydrogen (secondary N) is 1. The van der Waals surface area contributed by atoms with Crippen molar-refractivity contribution in [3.05, 3.63) is 38.9 Å². The molecule has 16 heavy (non-hydrogen) atoms. The molecule has 0 atom stereocenters. The van der Waals surface area contributed by atoms with Crippen LogP contribution in [0.4, 0.5) is 5.69 Å². The first-order chi connectivity index (χ1) is 7.65. The number of hydrogen-bond acceptors (Lipinski definition) is 4. The summed E-state index contributed by atoms with van der Waals surface area (Å²) in [4.78, 5) is 10.1. The van der Waals surface area contributed by atoms with Gasteiger partial charge in [-0.1, -0.05) is 11.6 Å². The molecule has 84 valence electrons. The number of rotatable bonds is 5. The Labute approximate surface area is 97.8 Å². The lowest BCUT2D eigenvalue weighted by Crippen LogP contribution is -2.14. The summed E-state index contributed by atoms with van der Waals surface area (Å²) in [5, 5.41) is 22.3. The van der Waals surface area contributed by atoms with E-state index in [1.165, 1.54) is 18.2 Å². The maximum absolute atomic E-state index is 10.5. The van der Waals surface area contributed by atoms with E-state index in [1.807, 2.05) is 6.07 Å². The van der Waals surface area contributed by atoms with Crippen LogP contribution in [0.25, 0.3) is 0 Å². The highest BCUT2D eigenvalue weighted by molar-refractivity contribution is 6.31. The zero-order valence-corrected chi connectivity index (χ0v) is 9.20. The van der Waals surface area contributed by atoms with Gasteiger partial charge in [-0.3, -0.25) is 10.1 Å². The van der Waals surface area contributed by atoms with Gasteiger partial charge in [-0.15, -0.1) is 0 Å². The van der Waals surface area contributed by atoms with Crippen LogP contribution in [0.2, 0.25) is 5.02 Å². The molecule has 0 saturated carbocycles. The number of halogens is 1. The molecule has 0 aliphatic rings. The first-order valence-corrected chi connectivity index (χ1v) is 5.03. The van der Waals surface area contributed by atoms with Crippen molar-refractivity contribution >= 4 is 17.3 Å². The molecule has 5 nitrogen and oxygen atoms in total. The molecule has 1 N–H and O–H groups in total. The van der Waals surface area contributed by atoms with Gasteiger partial charge in [-0.2, -0.15) is 5.26 Å². The fraction of sp³-hybridized carbons (Fsp3) is 0.300. The number of nitrogens with zero attached hydrogens (tertiary/aromatic N) is 2. The Balaban J connectivity index is 2.67. The van der Waals surface area contributed by atoms with Crippen LogP contribution >= 0.6 is 11.6 Å². The summed E-state index contributed by atoms with van der Waals surface area (Å²) < 4.78 is 0. The van der Waals surface area contributed by atoms with Gasteiger partial charge in [0.25, 0.3) is 5.69 Å². The molecule has 6 heteroatoms. The molecule has 1 aromatic rings. The van der Waals surface area contributed by atoms with Crippen molar-refractivity contribution in [2.45, 2.75) is 13.0 Å². The Hall–Kier alpha value is -1.64. The van der Waals surface area contributed by atoms with Gasteiger partial charge >= 0.3 is 0 Å². The number of non-ortho nitro benzene ring substituents is 1. The van der Waals surface area contributed by atoms with Gasteiger partial charge < -0.3 is 5.32 Å². The van der Waals surface area contributed by atoms with Crippen LogP contribution in [-0.4, -0.2) is 11.5 Å². The minimum absolute atomic E-state index is 0.0153. The van der Waals surface area contributed by atoms with Crippen molar-refractivity contribution in [3.63, 3.8) is 0 Å². The van der Waals surface area contributed by atoms with Crippen molar-refractivity contribution in [1.29, 1.82) is 5.26 Å². The van der Waals surface area contributed by atoms with E-state index < -0.39 is 4.92 Å². The maximum Gasteiger partial charge on any atom is 0.269 e. The van der Waals surface area contributed by atoms with E-state index in [9.17, 15) is 10.1 Å². The van der Waals surface area contributed by atoms with Crippen LogP contribution in [0.15, 0.2) is 18.2 Å². The lowest BCUT2D eigenvalue weighted by Gasteiger charge is -2.04. The van der Waals surface area contributed by atoms with Crippen molar-refractivity contribution < 1.29 is 4.92 Å². The highest BCUT2D eigenvalue weighted by atomic mass is 35.5. The van der Waals surface area contributed by atoms with E-state index in [1.54, 1.807) is 0 Å². The Morgan fingerprint density at radius 3 is 2.94 bits per heavy atom. The lowest BCUT2D eigenvalue weighted by atomic mass is 10.2. The monoisotopic (exact) mass is 239 g/mol. The van der Waals surface area contributed by atoms with Crippen LogP contribution in [0.3, 0.4) is 0 Å². The van der Waals surface area contributed by atoms with Crippen molar-refractivity contribution in [1.82, 2.24) is 5.32 Å². The Kier molecular flexibility index (Phi) is 4.70. The fourth-order valence-corrected chi connectivity index (χ4v) is 1.36. The van der Waals surface area contributed by atoms with Crippen LogP contribution < -0.4 is 5.32 Å². The molecule has 0 unspecified atom stereocenters. The number of nitriles is 1. The van der Waals surface area contributed by atoms with Crippen LogP contribution in [0, 0.1) is 21.4 Å². The molecule has 0 aliphatic carbocycles. The summed E-state index contributed by atoms with van der Waals surface area (Å²) in [6.07, 6.45) is 0.395. The van der Waals surface area contributed by atoms with E-state index in [4.69, 9.17) is 16.9 Å². The molecular formula is C10H10ClN3O2. The van der Waals surface area contributed by atoms with Crippen LogP contribution in [0.5, 0.6) is 0 Å². The van der Waals surface area contributed by atoms with Gasteiger partial charge in [-0.05, 0) is 11.6 Å². The predicted molar refractivity (Wildman–Crippen MR) is 60.0 cm³/mol. The highest BCUT2D eigenvalue weighted by Gasteiger charge is 2.08. The second kappa shape index (κ2) is 6.05. The largest absolute Gasteiger partial charge is 0.312 e. The van der Waals surface area contributed by atoms with Gasteiger partial charge in [0, 0.05) is 36.7 Å². The van der Waals surface area contributed by atoms with Gasteiger partial charge in [0.15, 0.2) is 0 Å². The standard InChI is InChI=1S/C10H10ClN3O2/c11-10-3-2-9(14(15)16)6-8(10)7-13-5-1-4-12/h2-3,6,13H,1,5,7H2. The quantitative estimate of drug-likeness (QED) is 0.486. The summed E-state index contributed by atoms with van der Waals surface area (Å²) in [5.74, 6) is 0. The lowest BCUT2D eigenvalue weighted by molar-refractivity contribution is -0.384. The first-order valence-electron chi connectivity index (χ1n) is 4.65. The molecule has 0 saturated heterocycles. The minimum atomic E-state index is -0.463. The Morgan fingerprint density at radius 2 is 2.31 bits per heavy atom. The second-order valence-electron chi connectivity index (χ2n) is 3.12. The summed E-state index contributed by atoms with van der Waals surface area (Å²) in [7, 11) is 0. The summed E-state index contributed by atoms with van der Waals surface area (Å²) in [6.45, 7) is 0.956. The van der Waals surface area contributed by atoms with Crippen LogP contribution in [-0.2, 0) is 6.54 Å². The third kappa shape index (κ3) is 3.50. The first kappa shape index (κ1) is 12.4. The van der Waals surface area contributed by atoms with E-state index in [2.05, 4.69) is 5.32 Å². The number of nitro benzene ring substituents is 1. The van der Waals surface area contributed by atoms with E-state index in [0.29, 0.717) is 30.1 Å². The average molecular weight is 240 g/mol. The molecule has 0 amide bonds. The molecule has 0 heterocycles. The number of hydrogen-bond donors (Lipinski definition) is 1. The summed E-state index contributed by atoms with van der Waals surface area (Å²) >= 11 is 5.89. The topological polar surface area (TPSA) is 79.0 Å². The molecule has 0 aliphatic heterocycles. The summed E-state index contributed by atoms with van der Waals surface area (Å²) in [6, 6.07) is 6.29. The summed E-state index contributed by atoms with van der Waals surface area (Å²) in [5.41, 5.74) is 0.676. The van der Waals surface area contributed by atoms with Gasteiger partial charge in [0.2, 0.25) is 0 Å². The minimum Gasteiger partial charge on any atom is -0.312 e. The number of benzene rings is 1. The molecule has 1 aromatic carbocycles. The smallest absolute Gasteiger partial charge is 0.269 e. The third-order valence-electron chi connectivity index (χ3n) is 1.97. The van der Waals surface area contributed by atoms with Gasteiger partial charge in [0.1, 0.15) is 0 Å². The number of nitro groups is 1. The molecule has 0 fully saturated rings.